The van der Waals surface area contributed by atoms with Gasteiger partial charge < -0.3 is 9.73 Å². The quantitative estimate of drug-likeness (QED) is 0.543. The van der Waals surface area contributed by atoms with Gasteiger partial charge in [0.25, 0.3) is 0 Å². The van der Waals surface area contributed by atoms with E-state index in [0.29, 0.717) is 25.0 Å². The number of hydrogen-bond acceptors (Lipinski definition) is 4. The zero-order valence-corrected chi connectivity index (χ0v) is 16.4. The lowest BCUT2D eigenvalue weighted by atomic mass is 10.2. The number of aromatic nitrogens is 3. The number of nitrogens with one attached hydrogen (secondary N) is 1. The summed E-state index contributed by atoms with van der Waals surface area (Å²) in [6, 6.07) is 17.1. The number of oxazole rings is 1. The van der Waals surface area contributed by atoms with Crippen LogP contribution in [-0.2, 0) is 11.3 Å². The molecule has 2 aromatic heterocycles. The highest BCUT2D eigenvalue weighted by Crippen LogP contribution is 2.23. The van der Waals surface area contributed by atoms with E-state index in [-0.39, 0.29) is 5.91 Å². The Morgan fingerprint density at radius 2 is 1.79 bits per heavy atom. The highest BCUT2D eigenvalue weighted by molar-refractivity contribution is 5.92. The molecule has 4 rings (SSSR count). The molecular formula is C22H22N4O3. The molecule has 0 saturated heterocycles. The maximum absolute atomic E-state index is 12.5. The molecule has 7 nitrogen and oxygen atoms in total. The number of benzene rings is 2. The van der Waals surface area contributed by atoms with E-state index in [2.05, 4.69) is 10.4 Å². The Bertz CT molecular complexity index is 1220. The summed E-state index contributed by atoms with van der Waals surface area (Å²) in [5.74, 6) is -0.507. The second kappa shape index (κ2) is 7.79. The summed E-state index contributed by atoms with van der Waals surface area (Å²) < 4.78 is 8.61. The van der Waals surface area contributed by atoms with Gasteiger partial charge in [-0.15, -0.1) is 0 Å². The van der Waals surface area contributed by atoms with E-state index >= 15 is 0 Å². The Balaban J connectivity index is 1.42. The number of nitrogens with zero attached hydrogens (tertiary/aromatic N) is 3. The summed E-state index contributed by atoms with van der Waals surface area (Å²) in [6.45, 7) is 4.23. The van der Waals surface area contributed by atoms with Crippen LogP contribution in [0.4, 0.5) is 5.69 Å². The first-order chi connectivity index (χ1) is 14.0. The van der Waals surface area contributed by atoms with Crippen LogP contribution < -0.4 is 11.1 Å². The molecule has 1 N–H and O–H groups in total. The number of fused-ring (bicyclic) bond motifs is 1. The highest BCUT2D eigenvalue weighted by Gasteiger charge is 2.15. The topological polar surface area (TPSA) is 82.1 Å². The molecule has 1 amide bonds. The third kappa shape index (κ3) is 3.71. The van der Waals surface area contributed by atoms with Crippen LogP contribution in [-0.4, -0.2) is 20.3 Å². The van der Waals surface area contributed by atoms with Crippen molar-refractivity contribution in [2.24, 2.45) is 0 Å². The molecule has 0 spiro atoms. The van der Waals surface area contributed by atoms with E-state index in [1.54, 1.807) is 10.6 Å². The van der Waals surface area contributed by atoms with Crippen molar-refractivity contribution in [2.45, 2.75) is 33.2 Å². The second-order valence-electron chi connectivity index (χ2n) is 6.93. The Kier molecular flexibility index (Phi) is 5.03. The number of anilines is 1. The van der Waals surface area contributed by atoms with Crippen molar-refractivity contribution in [2.75, 3.05) is 5.32 Å². The Morgan fingerprint density at radius 3 is 2.59 bits per heavy atom. The first-order valence-corrected chi connectivity index (χ1v) is 9.54. The van der Waals surface area contributed by atoms with Crippen LogP contribution >= 0.6 is 0 Å². The Hall–Kier alpha value is -3.61. The molecule has 0 atom stereocenters. The first kappa shape index (κ1) is 18.7. The molecule has 29 heavy (non-hydrogen) atoms. The zero-order valence-electron chi connectivity index (χ0n) is 16.4. The van der Waals surface area contributed by atoms with Gasteiger partial charge in [-0.3, -0.25) is 9.36 Å². The summed E-state index contributed by atoms with van der Waals surface area (Å²) in [4.78, 5) is 24.5. The van der Waals surface area contributed by atoms with E-state index in [0.717, 1.165) is 28.3 Å². The predicted molar refractivity (Wildman–Crippen MR) is 111 cm³/mol. The van der Waals surface area contributed by atoms with Gasteiger partial charge in [0.2, 0.25) is 5.91 Å². The van der Waals surface area contributed by atoms with Crippen LogP contribution in [0.15, 0.2) is 63.8 Å². The molecular weight excluding hydrogens is 368 g/mol. The van der Waals surface area contributed by atoms with Crippen molar-refractivity contribution in [3.8, 4) is 5.69 Å². The number of carbonyl (C=O) groups excluding carboxylic acids is 1. The Morgan fingerprint density at radius 1 is 1.07 bits per heavy atom. The molecule has 0 aliphatic carbocycles. The lowest BCUT2D eigenvalue weighted by molar-refractivity contribution is -0.116. The van der Waals surface area contributed by atoms with Gasteiger partial charge in [-0.2, -0.15) is 5.10 Å². The predicted octanol–water partition coefficient (Wildman–Crippen LogP) is 3.82. The number of amides is 1. The smallest absolute Gasteiger partial charge is 0.408 e. The molecule has 2 aromatic carbocycles. The molecule has 148 valence electrons. The van der Waals surface area contributed by atoms with Crippen LogP contribution in [0.2, 0.25) is 0 Å². The third-order valence-corrected chi connectivity index (χ3v) is 4.92. The van der Waals surface area contributed by atoms with E-state index in [9.17, 15) is 9.59 Å². The lowest BCUT2D eigenvalue weighted by Crippen LogP contribution is -2.17. The Labute approximate surface area is 167 Å². The molecule has 0 aliphatic heterocycles. The summed E-state index contributed by atoms with van der Waals surface area (Å²) in [7, 11) is 0. The fraction of sp³-hybridized carbons (Fsp3) is 0.227. The molecule has 0 aliphatic rings. The summed E-state index contributed by atoms with van der Waals surface area (Å²) in [5.41, 5.74) is 4.61. The zero-order chi connectivity index (χ0) is 20.4. The first-order valence-electron chi connectivity index (χ1n) is 9.54. The molecule has 0 fully saturated rings. The molecule has 7 heteroatoms. The number of hydrogen-bond donors (Lipinski definition) is 1. The normalized spacial score (nSPS) is 11.1. The maximum atomic E-state index is 12.5. The van der Waals surface area contributed by atoms with E-state index in [1.807, 2.05) is 67.1 Å². The van der Waals surface area contributed by atoms with Gasteiger partial charge in [0.05, 0.1) is 28.3 Å². The molecule has 4 aromatic rings. The van der Waals surface area contributed by atoms with Gasteiger partial charge >= 0.3 is 5.76 Å². The van der Waals surface area contributed by atoms with Crippen LogP contribution in [0.25, 0.3) is 16.8 Å². The number of para-hydroxylation sites is 3. The number of aryl methyl sites for hydroxylation is 2. The average Bonchev–Trinajstić information content (AvgIpc) is 3.19. The third-order valence-electron chi connectivity index (χ3n) is 4.92. The molecule has 2 heterocycles. The van der Waals surface area contributed by atoms with Crippen molar-refractivity contribution in [1.82, 2.24) is 14.3 Å². The van der Waals surface area contributed by atoms with Gasteiger partial charge in [0.15, 0.2) is 5.58 Å². The van der Waals surface area contributed by atoms with Crippen molar-refractivity contribution in [3.05, 3.63) is 76.5 Å². The highest BCUT2D eigenvalue weighted by atomic mass is 16.4. The van der Waals surface area contributed by atoms with Crippen LogP contribution in [0.1, 0.15) is 24.2 Å². The van der Waals surface area contributed by atoms with Crippen LogP contribution in [0.5, 0.6) is 0 Å². The summed E-state index contributed by atoms with van der Waals surface area (Å²) in [5, 5.41) is 7.51. The summed E-state index contributed by atoms with van der Waals surface area (Å²) >= 11 is 0. The summed E-state index contributed by atoms with van der Waals surface area (Å²) in [6.07, 6.45) is 0.821. The molecule has 0 unspecified atom stereocenters. The van der Waals surface area contributed by atoms with Crippen LogP contribution in [0.3, 0.4) is 0 Å². The van der Waals surface area contributed by atoms with Crippen molar-refractivity contribution < 1.29 is 9.21 Å². The fourth-order valence-corrected chi connectivity index (χ4v) is 3.47. The fourth-order valence-electron chi connectivity index (χ4n) is 3.47. The lowest BCUT2D eigenvalue weighted by Gasteiger charge is -2.07. The standard InChI is InChI=1S/C22H22N4O3/c1-15-21(16(2)26(24-15)17-9-4-3-5-10-17)23-20(27)13-8-14-25-18-11-6-7-12-19(18)29-22(25)28/h3-7,9-12H,8,13-14H2,1-2H3,(H,23,27). The minimum absolute atomic E-state index is 0.107. The number of carbonyl (C=O) groups is 1. The van der Waals surface area contributed by atoms with Gasteiger partial charge in [-0.25, -0.2) is 9.48 Å². The van der Waals surface area contributed by atoms with E-state index in [1.165, 1.54) is 0 Å². The van der Waals surface area contributed by atoms with Gasteiger partial charge in [-0.05, 0) is 44.5 Å². The van der Waals surface area contributed by atoms with Crippen molar-refractivity contribution >= 4 is 22.7 Å². The van der Waals surface area contributed by atoms with E-state index < -0.39 is 5.76 Å². The number of rotatable bonds is 6. The molecule has 0 radical (unpaired) electrons. The monoisotopic (exact) mass is 390 g/mol. The minimum Gasteiger partial charge on any atom is -0.408 e. The SMILES string of the molecule is Cc1nn(-c2ccccc2)c(C)c1NC(=O)CCCn1c(=O)oc2ccccc21. The van der Waals surface area contributed by atoms with Gasteiger partial charge in [0, 0.05) is 13.0 Å². The van der Waals surface area contributed by atoms with Crippen molar-refractivity contribution in [1.29, 1.82) is 0 Å². The van der Waals surface area contributed by atoms with Gasteiger partial charge in [-0.1, -0.05) is 30.3 Å². The van der Waals surface area contributed by atoms with E-state index in [4.69, 9.17) is 4.42 Å². The van der Waals surface area contributed by atoms with Gasteiger partial charge in [0.1, 0.15) is 0 Å². The maximum Gasteiger partial charge on any atom is 0.419 e. The van der Waals surface area contributed by atoms with Crippen molar-refractivity contribution in [3.63, 3.8) is 0 Å². The van der Waals surface area contributed by atoms with Crippen LogP contribution in [0, 0.1) is 13.8 Å². The average molecular weight is 390 g/mol. The largest absolute Gasteiger partial charge is 0.419 e. The molecule has 0 saturated carbocycles. The molecule has 0 bridgehead atoms. The second-order valence-corrected chi connectivity index (χ2v) is 6.93. The minimum atomic E-state index is -0.401.